The number of sulfonamides is 1. The van der Waals surface area contributed by atoms with E-state index in [0.717, 1.165) is 16.5 Å². The first-order valence-electron chi connectivity index (χ1n) is 10.7. The fourth-order valence-electron chi connectivity index (χ4n) is 3.17. The van der Waals surface area contributed by atoms with Gasteiger partial charge >= 0.3 is 0 Å². The summed E-state index contributed by atoms with van der Waals surface area (Å²) in [5.74, 6) is 0.227. The van der Waals surface area contributed by atoms with Gasteiger partial charge in [0.15, 0.2) is 11.6 Å². The smallest absolute Gasteiger partial charge is 0.256 e. The number of hydrogen-bond donors (Lipinski definition) is 2. The van der Waals surface area contributed by atoms with Crippen LogP contribution in [0, 0.1) is 6.92 Å². The minimum atomic E-state index is -3.97. The molecule has 2 aromatic heterocycles. The van der Waals surface area contributed by atoms with Gasteiger partial charge in [-0.25, -0.2) is 18.4 Å². The summed E-state index contributed by atoms with van der Waals surface area (Å²) in [5.41, 5.74) is 3.06. The van der Waals surface area contributed by atoms with E-state index in [4.69, 9.17) is 4.74 Å². The Balaban J connectivity index is 1.84. The number of aliphatic hydroxyl groups excluding tert-OH is 1. The molecular weight excluding hydrogens is 466 g/mol. The van der Waals surface area contributed by atoms with Crippen molar-refractivity contribution in [1.82, 2.24) is 19.9 Å². The molecular formula is C25H23N5O4S. The summed E-state index contributed by atoms with van der Waals surface area (Å²) in [5, 5.41) is 10.4. The fourth-order valence-corrected chi connectivity index (χ4v) is 3.99. The van der Waals surface area contributed by atoms with Gasteiger partial charge in [-0.05, 0) is 24.1 Å². The molecule has 2 aromatic carbocycles. The second-order valence-corrected chi connectivity index (χ2v) is 9.03. The highest BCUT2D eigenvalue weighted by molar-refractivity contribution is 7.95. The molecule has 2 heterocycles. The molecule has 0 spiro atoms. The van der Waals surface area contributed by atoms with Crippen molar-refractivity contribution < 1.29 is 18.3 Å². The lowest BCUT2D eigenvalue weighted by molar-refractivity contribution is 0.197. The van der Waals surface area contributed by atoms with Crippen molar-refractivity contribution in [2.24, 2.45) is 0 Å². The van der Waals surface area contributed by atoms with Crippen LogP contribution in [0.2, 0.25) is 0 Å². The van der Waals surface area contributed by atoms with E-state index < -0.39 is 10.0 Å². The van der Waals surface area contributed by atoms with Crippen LogP contribution in [0.3, 0.4) is 0 Å². The van der Waals surface area contributed by atoms with Crippen LogP contribution in [0.1, 0.15) is 11.1 Å². The Labute approximate surface area is 203 Å². The van der Waals surface area contributed by atoms with E-state index in [2.05, 4.69) is 24.7 Å². The molecule has 4 rings (SSSR count). The van der Waals surface area contributed by atoms with E-state index in [0.29, 0.717) is 16.8 Å². The lowest BCUT2D eigenvalue weighted by atomic mass is 10.1. The first kappa shape index (κ1) is 24.0. The minimum Gasteiger partial charge on any atom is -0.475 e. The van der Waals surface area contributed by atoms with E-state index in [-0.39, 0.29) is 30.7 Å². The van der Waals surface area contributed by atoms with Gasteiger partial charge in [0.2, 0.25) is 5.88 Å². The molecule has 0 aliphatic rings. The molecule has 0 bridgehead atoms. The zero-order valence-corrected chi connectivity index (χ0v) is 19.7. The Bertz CT molecular complexity index is 1410. The van der Waals surface area contributed by atoms with E-state index in [1.165, 1.54) is 24.7 Å². The zero-order valence-electron chi connectivity index (χ0n) is 18.9. The number of aromatic nitrogens is 4. The highest BCUT2D eigenvalue weighted by Gasteiger charge is 2.22. The predicted octanol–water partition coefficient (Wildman–Crippen LogP) is 3.69. The molecule has 0 saturated heterocycles. The van der Waals surface area contributed by atoms with Crippen molar-refractivity contribution in [1.29, 1.82) is 0 Å². The number of nitrogens with zero attached hydrogens (tertiary/aromatic N) is 4. The number of aryl methyl sites for hydroxylation is 1. The summed E-state index contributed by atoms with van der Waals surface area (Å²) < 4.78 is 34.3. The van der Waals surface area contributed by atoms with Gasteiger partial charge in [-0.15, -0.1) is 0 Å². The van der Waals surface area contributed by atoms with Crippen molar-refractivity contribution in [2.75, 3.05) is 17.9 Å². The summed E-state index contributed by atoms with van der Waals surface area (Å²) >= 11 is 0. The molecule has 4 aromatic rings. The molecule has 0 atom stereocenters. The lowest BCUT2D eigenvalue weighted by Crippen LogP contribution is -2.14. The molecule has 0 radical (unpaired) electrons. The van der Waals surface area contributed by atoms with Crippen LogP contribution < -0.4 is 9.46 Å². The Hall–Kier alpha value is -4.15. The standard InChI is InChI=1S/C25H23N5O4S/c1-18-7-9-20(10-8-18)22-24(30-35(32,33)16-11-19-5-3-2-4-6-19)28-23(21-17-26-12-13-27-21)29-25(22)34-15-14-31/h2-13,16-17,31H,14-15H2,1H3,(H,28,29,30)/b16-11+. The van der Waals surface area contributed by atoms with Crippen molar-refractivity contribution in [3.8, 4) is 28.5 Å². The van der Waals surface area contributed by atoms with Gasteiger partial charge in [0, 0.05) is 12.4 Å². The highest BCUT2D eigenvalue weighted by Crippen LogP contribution is 2.37. The van der Waals surface area contributed by atoms with Gasteiger partial charge in [-0.2, -0.15) is 4.98 Å². The Kier molecular flexibility index (Phi) is 7.44. The molecule has 0 fully saturated rings. The maximum absolute atomic E-state index is 13.0. The first-order valence-corrected chi connectivity index (χ1v) is 12.2. The molecule has 35 heavy (non-hydrogen) atoms. The molecule has 0 amide bonds. The zero-order chi connectivity index (χ0) is 24.7. The number of hydrogen-bond acceptors (Lipinski definition) is 8. The molecule has 0 aliphatic heterocycles. The SMILES string of the molecule is Cc1ccc(-c2c(NS(=O)(=O)/C=C/c3ccccc3)nc(-c3cnccn3)nc2OCCO)cc1. The van der Waals surface area contributed by atoms with E-state index in [1.54, 1.807) is 12.1 Å². The largest absolute Gasteiger partial charge is 0.475 e. The summed E-state index contributed by atoms with van der Waals surface area (Å²) in [6.45, 7) is 1.65. The number of benzene rings is 2. The first-order chi connectivity index (χ1) is 16.9. The number of anilines is 1. The maximum Gasteiger partial charge on any atom is 0.256 e. The number of aliphatic hydroxyl groups is 1. The maximum atomic E-state index is 13.0. The second kappa shape index (κ2) is 10.9. The molecule has 9 nitrogen and oxygen atoms in total. The molecule has 0 saturated carbocycles. The van der Waals surface area contributed by atoms with Gasteiger partial charge in [0.1, 0.15) is 12.3 Å². The third-order valence-electron chi connectivity index (χ3n) is 4.82. The summed E-state index contributed by atoms with van der Waals surface area (Å²) in [6.07, 6.45) is 5.94. The van der Waals surface area contributed by atoms with Crippen LogP contribution in [0.5, 0.6) is 5.88 Å². The van der Waals surface area contributed by atoms with Gasteiger partial charge < -0.3 is 9.84 Å². The van der Waals surface area contributed by atoms with Crippen LogP contribution in [-0.2, 0) is 10.0 Å². The number of nitrogens with one attached hydrogen (secondary N) is 1. The van der Waals surface area contributed by atoms with Crippen LogP contribution >= 0.6 is 0 Å². The van der Waals surface area contributed by atoms with E-state index in [9.17, 15) is 13.5 Å². The van der Waals surface area contributed by atoms with Gasteiger partial charge in [-0.1, -0.05) is 60.2 Å². The van der Waals surface area contributed by atoms with Crippen LogP contribution in [0.4, 0.5) is 5.82 Å². The van der Waals surface area contributed by atoms with Gasteiger partial charge in [0.05, 0.1) is 23.8 Å². The fraction of sp³-hybridized carbons (Fsp3) is 0.120. The van der Waals surface area contributed by atoms with Gasteiger partial charge in [-0.3, -0.25) is 9.71 Å². The Morgan fingerprint density at radius 1 is 1.03 bits per heavy atom. The topological polar surface area (TPSA) is 127 Å². The summed E-state index contributed by atoms with van der Waals surface area (Å²) in [6, 6.07) is 16.5. The van der Waals surface area contributed by atoms with Crippen molar-refractivity contribution in [2.45, 2.75) is 6.92 Å². The average molecular weight is 490 g/mol. The Morgan fingerprint density at radius 2 is 1.80 bits per heavy atom. The molecule has 0 aliphatic carbocycles. The molecule has 10 heteroatoms. The van der Waals surface area contributed by atoms with Crippen LogP contribution in [0.15, 0.2) is 78.6 Å². The second-order valence-electron chi connectivity index (χ2n) is 7.47. The third-order valence-corrected chi connectivity index (χ3v) is 5.79. The van der Waals surface area contributed by atoms with Crippen LogP contribution in [0.25, 0.3) is 28.7 Å². The van der Waals surface area contributed by atoms with Gasteiger partial charge in [0.25, 0.3) is 10.0 Å². The molecule has 2 N–H and O–H groups in total. The lowest BCUT2D eigenvalue weighted by Gasteiger charge is -2.16. The highest BCUT2D eigenvalue weighted by atomic mass is 32.2. The summed E-state index contributed by atoms with van der Waals surface area (Å²) in [4.78, 5) is 17.2. The van der Waals surface area contributed by atoms with Crippen molar-refractivity contribution in [3.05, 3.63) is 89.7 Å². The number of rotatable bonds is 9. The van der Waals surface area contributed by atoms with E-state index >= 15 is 0 Å². The molecule has 178 valence electrons. The van der Waals surface area contributed by atoms with E-state index in [1.807, 2.05) is 49.4 Å². The average Bonchev–Trinajstić information content (AvgIpc) is 2.88. The predicted molar refractivity (Wildman–Crippen MR) is 134 cm³/mol. The van der Waals surface area contributed by atoms with Crippen LogP contribution in [-0.4, -0.2) is 46.7 Å². The van der Waals surface area contributed by atoms with Crippen molar-refractivity contribution in [3.63, 3.8) is 0 Å². The summed E-state index contributed by atoms with van der Waals surface area (Å²) in [7, 11) is -3.97. The minimum absolute atomic E-state index is 0.00941. The van der Waals surface area contributed by atoms with Crippen molar-refractivity contribution >= 4 is 21.9 Å². The monoisotopic (exact) mass is 489 g/mol. The Morgan fingerprint density at radius 3 is 2.49 bits per heavy atom. The molecule has 0 unspecified atom stereocenters. The quantitative estimate of drug-likeness (QED) is 0.364. The number of ether oxygens (including phenoxy) is 1. The third kappa shape index (κ3) is 6.25. The normalized spacial score (nSPS) is 11.5.